The van der Waals surface area contributed by atoms with Crippen molar-refractivity contribution in [3.8, 4) is 11.6 Å². The monoisotopic (exact) mass is 554 g/mol. The van der Waals surface area contributed by atoms with Crippen LogP contribution >= 0.6 is 0 Å². The van der Waals surface area contributed by atoms with Gasteiger partial charge in [0.1, 0.15) is 17.1 Å². The predicted molar refractivity (Wildman–Crippen MR) is 147 cm³/mol. The van der Waals surface area contributed by atoms with Crippen molar-refractivity contribution in [1.82, 2.24) is 25.1 Å². The Bertz CT molecular complexity index is 1360. The molecule has 13 heteroatoms. The van der Waals surface area contributed by atoms with E-state index < -0.39 is 29.5 Å². The maximum atomic E-state index is 15.2. The molecule has 4 rings (SSSR count). The molecule has 0 radical (unpaired) electrons. The molecule has 0 bridgehead atoms. The van der Waals surface area contributed by atoms with Crippen molar-refractivity contribution in [2.45, 2.75) is 65.1 Å². The lowest BCUT2D eigenvalue weighted by molar-refractivity contribution is 0.0501. The van der Waals surface area contributed by atoms with Crippen molar-refractivity contribution in [3.63, 3.8) is 0 Å². The first-order valence-electron chi connectivity index (χ1n) is 13.1. The molecule has 1 fully saturated rings. The van der Waals surface area contributed by atoms with E-state index in [1.165, 1.54) is 6.20 Å². The number of nitrogens with one attached hydrogen (secondary N) is 3. The van der Waals surface area contributed by atoms with Crippen molar-refractivity contribution < 1.29 is 23.5 Å². The summed E-state index contributed by atoms with van der Waals surface area (Å²) in [5.74, 6) is -1.10. The Kier molecular flexibility index (Phi) is 8.40. The molecule has 1 unspecified atom stereocenters. The number of anilines is 3. The Morgan fingerprint density at radius 2 is 2.00 bits per heavy atom. The van der Waals surface area contributed by atoms with Crippen LogP contribution in [0, 0.1) is 11.7 Å². The fourth-order valence-corrected chi connectivity index (χ4v) is 4.19. The summed E-state index contributed by atoms with van der Waals surface area (Å²) in [5, 5.41) is 13.2. The summed E-state index contributed by atoms with van der Waals surface area (Å²) in [6.45, 7) is 9.39. The Balaban J connectivity index is 1.62. The van der Waals surface area contributed by atoms with Crippen LogP contribution in [-0.2, 0) is 4.74 Å². The number of pyridine rings is 2. The summed E-state index contributed by atoms with van der Waals surface area (Å²) in [6, 6.07) is 3.78. The van der Waals surface area contributed by atoms with Crippen LogP contribution in [0.15, 0.2) is 36.8 Å². The third-order valence-electron chi connectivity index (χ3n) is 6.09. The molecule has 0 aliphatic heterocycles. The number of hydrogen-bond acceptors (Lipinski definition) is 9. The summed E-state index contributed by atoms with van der Waals surface area (Å²) >= 11 is 0. The lowest BCUT2D eigenvalue weighted by Crippen LogP contribution is -2.47. The normalized spacial score (nSPS) is 14.7. The largest absolute Gasteiger partial charge is 0.476 e. The number of alkyl carbamates (subject to hydrolysis) is 1. The number of carbonyl (C=O) groups excluding carboxylic acids is 2. The molecule has 2 atom stereocenters. The van der Waals surface area contributed by atoms with Gasteiger partial charge in [-0.25, -0.2) is 23.8 Å². The number of amides is 2. The highest BCUT2D eigenvalue weighted by atomic mass is 19.1. The second-order valence-corrected chi connectivity index (χ2v) is 10.6. The maximum Gasteiger partial charge on any atom is 0.407 e. The minimum absolute atomic E-state index is 0.0380. The molecule has 0 spiro atoms. The summed E-state index contributed by atoms with van der Waals surface area (Å²) in [5.41, 5.74) is 5.76. The minimum Gasteiger partial charge on any atom is -0.476 e. The number of aromatic nitrogens is 4. The Labute approximate surface area is 231 Å². The summed E-state index contributed by atoms with van der Waals surface area (Å²) in [4.78, 5) is 33.3. The van der Waals surface area contributed by atoms with Crippen LogP contribution in [0.4, 0.5) is 26.5 Å². The van der Waals surface area contributed by atoms with Crippen LogP contribution in [0.5, 0.6) is 5.88 Å². The van der Waals surface area contributed by atoms with Gasteiger partial charge in [0.05, 0.1) is 30.1 Å². The van der Waals surface area contributed by atoms with Gasteiger partial charge >= 0.3 is 6.09 Å². The van der Waals surface area contributed by atoms with Crippen molar-refractivity contribution >= 4 is 29.3 Å². The van der Waals surface area contributed by atoms with E-state index in [1.54, 1.807) is 50.0 Å². The van der Waals surface area contributed by atoms with Crippen LogP contribution in [0.2, 0.25) is 0 Å². The highest BCUT2D eigenvalue weighted by Crippen LogP contribution is 2.36. The van der Waals surface area contributed by atoms with Gasteiger partial charge in [-0.15, -0.1) is 0 Å². The fraction of sp³-hybridized carbons (Fsp3) is 0.444. The highest BCUT2D eigenvalue weighted by molar-refractivity contribution is 5.98. The average molecular weight is 555 g/mol. The van der Waals surface area contributed by atoms with Gasteiger partial charge in [0.25, 0.3) is 5.91 Å². The van der Waals surface area contributed by atoms with Gasteiger partial charge < -0.3 is 31.2 Å². The zero-order chi connectivity index (χ0) is 29.0. The molecule has 2 amide bonds. The average Bonchev–Trinajstić information content (AvgIpc) is 3.55. The lowest BCUT2D eigenvalue weighted by atomic mass is 10.0. The molecule has 1 aliphatic carbocycles. The molecule has 40 heavy (non-hydrogen) atoms. The molecular weight excluding hydrogens is 519 g/mol. The maximum absolute atomic E-state index is 15.2. The Hall–Kier alpha value is -4.42. The van der Waals surface area contributed by atoms with Gasteiger partial charge in [0.2, 0.25) is 5.88 Å². The quantitative estimate of drug-likeness (QED) is 0.273. The Morgan fingerprint density at radius 3 is 2.60 bits per heavy atom. The third-order valence-corrected chi connectivity index (χ3v) is 6.09. The number of halogens is 1. The summed E-state index contributed by atoms with van der Waals surface area (Å²) < 4.78 is 27.8. The number of primary amides is 1. The van der Waals surface area contributed by atoms with E-state index in [1.807, 2.05) is 13.8 Å². The van der Waals surface area contributed by atoms with Gasteiger partial charge in [0.15, 0.2) is 11.6 Å². The SMILES string of the molecule is CCOc1ncc(Nc2nc(NC(C3CC3)[C@H](C)NC(=O)OC(C)(C)C)c(F)cc2C(N)=O)cc1-n1cccn1. The second-order valence-electron chi connectivity index (χ2n) is 10.6. The van der Waals surface area contributed by atoms with Crippen molar-refractivity contribution in [1.29, 1.82) is 0 Å². The van der Waals surface area contributed by atoms with E-state index >= 15 is 4.39 Å². The molecule has 1 saturated carbocycles. The summed E-state index contributed by atoms with van der Waals surface area (Å²) in [6.07, 6.45) is 6.12. The molecule has 3 aromatic heterocycles. The molecule has 5 N–H and O–H groups in total. The van der Waals surface area contributed by atoms with Crippen LogP contribution < -0.4 is 26.4 Å². The van der Waals surface area contributed by atoms with Gasteiger partial charge in [0, 0.05) is 18.4 Å². The van der Waals surface area contributed by atoms with Crippen LogP contribution in [0.3, 0.4) is 0 Å². The molecule has 214 valence electrons. The number of nitrogens with zero attached hydrogens (tertiary/aromatic N) is 4. The van der Waals surface area contributed by atoms with E-state index in [0.29, 0.717) is 23.9 Å². The second kappa shape index (κ2) is 11.8. The minimum atomic E-state index is -0.856. The molecule has 1 aliphatic rings. The van der Waals surface area contributed by atoms with Crippen molar-refractivity contribution in [3.05, 3.63) is 48.2 Å². The lowest BCUT2D eigenvalue weighted by Gasteiger charge is -2.28. The van der Waals surface area contributed by atoms with E-state index in [-0.39, 0.29) is 29.2 Å². The predicted octanol–water partition coefficient (Wildman–Crippen LogP) is 4.15. The molecule has 12 nitrogen and oxygen atoms in total. The summed E-state index contributed by atoms with van der Waals surface area (Å²) in [7, 11) is 0. The van der Waals surface area contributed by atoms with E-state index in [4.69, 9.17) is 15.2 Å². The number of nitrogens with two attached hydrogens (primary N) is 1. The zero-order valence-corrected chi connectivity index (χ0v) is 23.2. The smallest absolute Gasteiger partial charge is 0.407 e. The molecule has 3 heterocycles. The molecule has 0 aromatic carbocycles. The van der Waals surface area contributed by atoms with Gasteiger partial charge in [-0.1, -0.05) is 0 Å². The van der Waals surface area contributed by atoms with E-state index in [9.17, 15) is 9.59 Å². The first kappa shape index (κ1) is 28.6. The van der Waals surface area contributed by atoms with Gasteiger partial charge in [-0.05, 0) is 71.6 Å². The van der Waals surface area contributed by atoms with Crippen LogP contribution in [-0.4, -0.2) is 56.0 Å². The van der Waals surface area contributed by atoms with Crippen molar-refractivity contribution in [2.24, 2.45) is 11.7 Å². The van der Waals surface area contributed by atoms with Gasteiger partial charge in [-0.2, -0.15) is 5.10 Å². The van der Waals surface area contributed by atoms with Crippen molar-refractivity contribution in [2.75, 3.05) is 17.2 Å². The fourth-order valence-electron chi connectivity index (χ4n) is 4.19. The first-order valence-corrected chi connectivity index (χ1v) is 13.1. The third kappa shape index (κ3) is 7.16. The molecular formula is C27H35FN8O4. The van der Waals surface area contributed by atoms with Gasteiger partial charge in [-0.3, -0.25) is 4.79 Å². The molecule has 0 saturated heterocycles. The van der Waals surface area contributed by atoms with E-state index in [2.05, 4.69) is 31.0 Å². The van der Waals surface area contributed by atoms with Crippen LogP contribution in [0.25, 0.3) is 5.69 Å². The number of hydrogen-bond donors (Lipinski definition) is 4. The van der Waals surface area contributed by atoms with E-state index in [0.717, 1.165) is 18.9 Å². The Morgan fingerprint density at radius 1 is 1.25 bits per heavy atom. The molecule has 3 aromatic rings. The number of ether oxygens (including phenoxy) is 2. The highest BCUT2D eigenvalue weighted by Gasteiger charge is 2.37. The van der Waals surface area contributed by atoms with Crippen LogP contribution in [0.1, 0.15) is 57.8 Å². The first-order chi connectivity index (χ1) is 18.9. The number of carbonyl (C=O) groups is 2. The standard InChI is InChI=1S/C27H35FN8O4/c1-6-39-25-20(36-11-7-10-31-36)12-17(14-30-25)33-23-18(22(29)37)13-19(28)24(35-23)34-21(16-8-9-16)15(2)32-26(38)40-27(3,4)5/h7,10-16,21H,6,8-9H2,1-5H3,(H2,29,37)(H,32,38)(H2,33,34,35)/t15-,21?/m0/s1. The zero-order valence-electron chi connectivity index (χ0n) is 23.2. The topological polar surface area (TPSA) is 158 Å². The number of rotatable bonds is 11.